The second kappa shape index (κ2) is 10.9. The second-order valence-corrected chi connectivity index (χ2v) is 12.5. The van der Waals surface area contributed by atoms with Crippen LogP contribution in [-0.4, -0.2) is 37.2 Å². The summed E-state index contributed by atoms with van der Waals surface area (Å²) < 4.78 is 6.32. The fraction of sp³-hybridized carbons (Fsp3) is 0.438. The summed E-state index contributed by atoms with van der Waals surface area (Å²) in [6.45, 7) is 18.3. The number of halogens is 1. The molecule has 0 aliphatic carbocycles. The summed E-state index contributed by atoms with van der Waals surface area (Å²) in [7, 11) is 0. The Morgan fingerprint density at radius 2 is 1.42 bits per heavy atom. The van der Waals surface area contributed by atoms with Crippen molar-refractivity contribution >= 4 is 17.3 Å². The highest BCUT2D eigenvalue weighted by Gasteiger charge is 2.30. The molecule has 3 nitrogen and oxygen atoms in total. The Kier molecular flexibility index (Phi) is 8.02. The van der Waals surface area contributed by atoms with Crippen LogP contribution in [0, 0.1) is 0 Å². The van der Waals surface area contributed by atoms with Crippen LogP contribution in [0.25, 0.3) is 0 Å². The molecule has 0 aromatic heterocycles. The summed E-state index contributed by atoms with van der Waals surface area (Å²) >= 11 is 6.09. The highest BCUT2D eigenvalue weighted by molar-refractivity contribution is 6.30. The van der Waals surface area contributed by atoms with Gasteiger partial charge in [-0.1, -0.05) is 89.5 Å². The van der Waals surface area contributed by atoms with Crippen molar-refractivity contribution in [2.24, 2.45) is 0 Å². The number of nitrogens with zero attached hydrogens (tertiary/aromatic N) is 2. The van der Waals surface area contributed by atoms with Crippen LogP contribution in [-0.2, 0) is 17.4 Å². The predicted octanol–water partition coefficient (Wildman–Crippen LogP) is 7.70. The summed E-state index contributed by atoms with van der Waals surface area (Å²) in [6.07, 6.45) is 0. The zero-order chi connectivity index (χ0) is 25.9. The first-order valence-corrected chi connectivity index (χ1v) is 13.4. The Labute approximate surface area is 223 Å². The van der Waals surface area contributed by atoms with Gasteiger partial charge in [0.1, 0.15) is 12.4 Å². The van der Waals surface area contributed by atoms with E-state index in [1.807, 2.05) is 24.3 Å². The van der Waals surface area contributed by atoms with Crippen LogP contribution in [0.3, 0.4) is 0 Å². The smallest absolute Gasteiger partial charge is 0.119 e. The van der Waals surface area contributed by atoms with Crippen LogP contribution in [0.2, 0.25) is 5.02 Å². The average Bonchev–Trinajstić information content (AvgIpc) is 2.83. The van der Waals surface area contributed by atoms with Crippen molar-refractivity contribution in [3.8, 4) is 5.75 Å². The predicted molar refractivity (Wildman–Crippen MR) is 154 cm³/mol. The fourth-order valence-corrected chi connectivity index (χ4v) is 4.88. The summed E-state index contributed by atoms with van der Waals surface area (Å²) in [6, 6.07) is 25.9. The number of rotatable bonds is 6. The SMILES string of the molecule is CC(C)(C)c1cc(N2CCN(Cc3ccccc3)CC2COc2ccc(Cl)cc2)cc(C(C)(C)C)c1. The highest BCUT2D eigenvalue weighted by Crippen LogP contribution is 2.35. The maximum atomic E-state index is 6.32. The molecule has 3 aromatic rings. The topological polar surface area (TPSA) is 15.7 Å². The van der Waals surface area contributed by atoms with Gasteiger partial charge < -0.3 is 9.64 Å². The number of anilines is 1. The molecule has 1 atom stereocenters. The maximum absolute atomic E-state index is 6.32. The molecule has 0 radical (unpaired) electrons. The molecule has 1 fully saturated rings. The van der Waals surface area contributed by atoms with Gasteiger partial charge >= 0.3 is 0 Å². The van der Waals surface area contributed by atoms with Crippen molar-refractivity contribution in [3.63, 3.8) is 0 Å². The number of hydrogen-bond donors (Lipinski definition) is 0. The minimum atomic E-state index is 0.0838. The molecule has 1 aliphatic heterocycles. The van der Waals surface area contributed by atoms with Crippen LogP contribution in [0.5, 0.6) is 5.75 Å². The van der Waals surface area contributed by atoms with E-state index in [-0.39, 0.29) is 16.9 Å². The van der Waals surface area contributed by atoms with Gasteiger partial charge in [-0.2, -0.15) is 0 Å². The van der Waals surface area contributed by atoms with Gasteiger partial charge in [-0.3, -0.25) is 4.90 Å². The molecule has 0 bridgehead atoms. The third-order valence-corrected chi connectivity index (χ3v) is 7.31. The van der Waals surface area contributed by atoms with Gasteiger partial charge in [0.05, 0.1) is 6.04 Å². The largest absolute Gasteiger partial charge is 0.491 e. The van der Waals surface area contributed by atoms with Gasteiger partial charge in [-0.05, 0) is 63.9 Å². The van der Waals surface area contributed by atoms with E-state index in [0.717, 1.165) is 37.0 Å². The van der Waals surface area contributed by atoms with Gasteiger partial charge in [-0.15, -0.1) is 0 Å². The number of benzene rings is 3. The van der Waals surface area contributed by atoms with Crippen LogP contribution >= 0.6 is 11.6 Å². The Hall–Kier alpha value is -2.49. The van der Waals surface area contributed by atoms with Gasteiger partial charge in [0.15, 0.2) is 0 Å². The van der Waals surface area contributed by atoms with Crippen molar-refractivity contribution < 1.29 is 4.74 Å². The molecule has 4 rings (SSSR count). The highest BCUT2D eigenvalue weighted by atomic mass is 35.5. The van der Waals surface area contributed by atoms with E-state index in [1.54, 1.807) is 0 Å². The average molecular weight is 505 g/mol. The zero-order valence-electron chi connectivity index (χ0n) is 22.7. The lowest BCUT2D eigenvalue weighted by molar-refractivity contribution is 0.174. The molecule has 0 saturated carbocycles. The van der Waals surface area contributed by atoms with E-state index in [2.05, 4.69) is 99.9 Å². The standard InChI is InChI=1S/C32H41ClN2O/c1-31(2,3)25-18-26(32(4,5)6)20-28(19-25)35-17-16-34(21-24-10-8-7-9-11-24)22-29(35)23-36-30-14-12-27(33)13-15-30/h7-15,18-20,29H,16-17,21-23H2,1-6H3. The molecule has 3 aromatic carbocycles. The third-order valence-electron chi connectivity index (χ3n) is 7.05. The minimum Gasteiger partial charge on any atom is -0.491 e. The van der Waals surface area contributed by atoms with Crippen LogP contribution < -0.4 is 9.64 Å². The summed E-state index contributed by atoms with van der Waals surface area (Å²) in [4.78, 5) is 5.13. The van der Waals surface area contributed by atoms with Gasteiger partial charge in [0, 0.05) is 36.9 Å². The fourth-order valence-electron chi connectivity index (χ4n) is 4.75. The van der Waals surface area contributed by atoms with Crippen LogP contribution in [0.1, 0.15) is 58.2 Å². The first-order chi connectivity index (χ1) is 17.0. The van der Waals surface area contributed by atoms with Crippen LogP contribution in [0.4, 0.5) is 5.69 Å². The first-order valence-electron chi connectivity index (χ1n) is 13.1. The van der Waals surface area contributed by atoms with Gasteiger partial charge in [-0.25, -0.2) is 0 Å². The number of hydrogen-bond acceptors (Lipinski definition) is 3. The third kappa shape index (κ3) is 6.83. The molecule has 1 unspecified atom stereocenters. The quantitative estimate of drug-likeness (QED) is 0.342. The lowest BCUT2D eigenvalue weighted by Crippen LogP contribution is -2.55. The minimum absolute atomic E-state index is 0.0838. The maximum Gasteiger partial charge on any atom is 0.119 e. The lowest BCUT2D eigenvalue weighted by Gasteiger charge is -2.43. The van der Waals surface area contributed by atoms with Crippen molar-refractivity contribution in [1.29, 1.82) is 0 Å². The molecule has 4 heteroatoms. The van der Waals surface area contributed by atoms with Crippen molar-refractivity contribution in [2.45, 2.75) is 65.0 Å². The zero-order valence-corrected chi connectivity index (χ0v) is 23.5. The van der Waals surface area contributed by atoms with E-state index in [0.29, 0.717) is 6.61 Å². The number of piperazine rings is 1. The Morgan fingerprint density at radius 3 is 2.00 bits per heavy atom. The van der Waals surface area contributed by atoms with E-state index in [1.165, 1.54) is 22.4 Å². The molecular formula is C32H41ClN2O. The molecule has 1 aliphatic rings. The first kappa shape index (κ1) is 26.6. The molecule has 0 spiro atoms. The number of ether oxygens (including phenoxy) is 1. The molecule has 36 heavy (non-hydrogen) atoms. The summed E-state index contributed by atoms with van der Waals surface area (Å²) in [5, 5.41) is 0.726. The molecule has 1 heterocycles. The van der Waals surface area contributed by atoms with Crippen molar-refractivity contribution in [1.82, 2.24) is 4.90 Å². The normalized spacial score (nSPS) is 17.3. The second-order valence-electron chi connectivity index (χ2n) is 12.1. The van der Waals surface area contributed by atoms with Crippen molar-refractivity contribution in [2.75, 3.05) is 31.1 Å². The lowest BCUT2D eigenvalue weighted by atomic mass is 9.80. The Morgan fingerprint density at radius 1 is 0.806 bits per heavy atom. The summed E-state index contributed by atoms with van der Waals surface area (Å²) in [5.41, 5.74) is 5.59. The van der Waals surface area contributed by atoms with Crippen LogP contribution in [0.15, 0.2) is 72.8 Å². The van der Waals surface area contributed by atoms with Gasteiger partial charge in [0.25, 0.3) is 0 Å². The monoisotopic (exact) mass is 504 g/mol. The van der Waals surface area contributed by atoms with E-state index >= 15 is 0 Å². The summed E-state index contributed by atoms with van der Waals surface area (Å²) in [5.74, 6) is 0.860. The molecular weight excluding hydrogens is 464 g/mol. The van der Waals surface area contributed by atoms with E-state index in [4.69, 9.17) is 16.3 Å². The Bertz CT molecular complexity index is 1100. The van der Waals surface area contributed by atoms with Gasteiger partial charge in [0.2, 0.25) is 0 Å². The molecule has 192 valence electrons. The Balaban J connectivity index is 1.63. The van der Waals surface area contributed by atoms with E-state index < -0.39 is 0 Å². The molecule has 0 amide bonds. The molecule has 1 saturated heterocycles. The molecule has 0 N–H and O–H groups in total. The van der Waals surface area contributed by atoms with E-state index in [9.17, 15) is 0 Å². The van der Waals surface area contributed by atoms with Crippen molar-refractivity contribution in [3.05, 3.63) is 94.5 Å².